The van der Waals surface area contributed by atoms with Gasteiger partial charge in [0.1, 0.15) is 9.84 Å². The maximum Gasteiger partial charge on any atom is 0.248 e. The van der Waals surface area contributed by atoms with Gasteiger partial charge in [-0.15, -0.1) is 0 Å². The number of alkyl halides is 3. The normalized spacial score (nSPS) is 21.8. The number of pyridine rings is 1. The molecule has 1 aromatic carbocycles. The molecule has 0 amide bonds. The second kappa shape index (κ2) is 14.4. The van der Waals surface area contributed by atoms with Gasteiger partial charge in [0.15, 0.2) is 11.9 Å². The van der Waals surface area contributed by atoms with Crippen LogP contribution >= 0.6 is 0 Å². The zero-order valence-electron chi connectivity index (χ0n) is 29.5. The van der Waals surface area contributed by atoms with Gasteiger partial charge in [0.2, 0.25) is 11.9 Å². The van der Waals surface area contributed by atoms with Crippen LogP contribution in [0.15, 0.2) is 36.7 Å². The third-order valence-corrected chi connectivity index (χ3v) is 11.6. The van der Waals surface area contributed by atoms with Crippen LogP contribution in [0.5, 0.6) is 5.75 Å². The summed E-state index contributed by atoms with van der Waals surface area (Å²) in [6, 6.07) is 7.35. The Kier molecular flexibility index (Phi) is 10.5. The summed E-state index contributed by atoms with van der Waals surface area (Å²) in [4.78, 5) is 16.3. The highest BCUT2D eigenvalue weighted by atomic mass is 32.2. The Bertz CT molecular complexity index is 1750. The maximum atomic E-state index is 17.2. The van der Waals surface area contributed by atoms with E-state index in [1.165, 1.54) is 6.26 Å². The van der Waals surface area contributed by atoms with Crippen LogP contribution in [0.25, 0.3) is 0 Å². The molecule has 3 aromatic rings. The van der Waals surface area contributed by atoms with Crippen molar-refractivity contribution < 1.29 is 31.4 Å². The van der Waals surface area contributed by atoms with Gasteiger partial charge in [-0.25, -0.2) is 31.6 Å². The number of ether oxygens (including phenoxy) is 1. The lowest BCUT2D eigenvalue weighted by molar-refractivity contribution is -0.0385. The summed E-state index contributed by atoms with van der Waals surface area (Å²) in [5, 5.41) is 11.6. The van der Waals surface area contributed by atoms with Crippen LogP contribution in [0.2, 0.25) is 0 Å². The molecule has 0 bridgehead atoms. The third kappa shape index (κ3) is 8.44. The third-order valence-electron chi connectivity index (χ3n) is 10.6. The topological polar surface area (TPSA) is 106 Å². The van der Waals surface area contributed by atoms with Gasteiger partial charge >= 0.3 is 0 Å². The molecule has 6 rings (SSSR count). The first-order valence-corrected chi connectivity index (χ1v) is 19.9. The first-order valence-electron chi connectivity index (χ1n) is 17.8. The molecule has 272 valence electrons. The fraction of sp³-hybridized carbons (Fsp3) is 0.605. The average molecular weight is 715 g/mol. The molecule has 2 atom stereocenters. The second-order valence-corrected chi connectivity index (χ2v) is 17.7. The molecular formula is C38H49F3N4O4S. The van der Waals surface area contributed by atoms with Crippen molar-refractivity contribution in [2.24, 2.45) is 5.41 Å². The van der Waals surface area contributed by atoms with Crippen molar-refractivity contribution in [1.82, 2.24) is 15.0 Å². The number of rotatable bonds is 10. The van der Waals surface area contributed by atoms with Gasteiger partial charge in [0, 0.05) is 54.9 Å². The molecule has 1 saturated heterocycles. The lowest BCUT2D eigenvalue weighted by Crippen LogP contribution is -2.36. The Hall–Kier alpha value is -3.25. The number of fused-ring (bicyclic) bond motifs is 1. The van der Waals surface area contributed by atoms with Crippen molar-refractivity contribution in [2.45, 2.75) is 109 Å². The van der Waals surface area contributed by atoms with Crippen LogP contribution in [0.4, 0.5) is 19.1 Å². The SMILES string of the molecule is Cc1ccc(C(F)c2c(C3CCN(c4ncc(OCCCS(C)(=O)=O)cn4)CC3)nc3c(c2C2CCC(F)(F)CC2)C(O)CC(C)(C)C3)cc1. The van der Waals surface area contributed by atoms with Crippen molar-refractivity contribution in [1.29, 1.82) is 0 Å². The summed E-state index contributed by atoms with van der Waals surface area (Å²) >= 11 is 0. The minimum absolute atomic E-state index is 0.0479. The summed E-state index contributed by atoms with van der Waals surface area (Å²) in [7, 11) is -3.05. The van der Waals surface area contributed by atoms with Crippen LogP contribution in [-0.2, 0) is 16.3 Å². The number of anilines is 1. The summed E-state index contributed by atoms with van der Waals surface area (Å²) in [5.74, 6) is -2.06. The molecule has 3 aliphatic rings. The van der Waals surface area contributed by atoms with E-state index in [-0.39, 0.29) is 55.3 Å². The highest BCUT2D eigenvalue weighted by molar-refractivity contribution is 7.90. The Labute approximate surface area is 293 Å². The standard InChI is InChI=1S/C38H49F3N4O4S/c1-24-6-8-26(9-7-24)34(39)33-31(25-10-14-38(40,41)15-11-25)32-29(20-37(2,3)21-30(32)46)44-35(33)27-12-16-45(17-13-27)36-42-22-28(23-43-36)49-18-5-19-50(4,47)48/h6-9,22-23,25,27,30,34,46H,5,10-21H2,1-4H3. The highest BCUT2D eigenvalue weighted by Crippen LogP contribution is 2.52. The minimum atomic E-state index is -3.05. The van der Waals surface area contributed by atoms with Crippen LogP contribution in [0.3, 0.4) is 0 Å². The van der Waals surface area contributed by atoms with E-state index in [0.717, 1.165) is 16.8 Å². The van der Waals surface area contributed by atoms with Gasteiger partial charge in [-0.3, -0.25) is 4.98 Å². The number of benzene rings is 1. The van der Waals surface area contributed by atoms with E-state index < -0.39 is 28.0 Å². The van der Waals surface area contributed by atoms with E-state index >= 15 is 4.39 Å². The van der Waals surface area contributed by atoms with Gasteiger partial charge in [-0.1, -0.05) is 43.7 Å². The van der Waals surface area contributed by atoms with Gasteiger partial charge in [0.05, 0.1) is 36.6 Å². The summed E-state index contributed by atoms with van der Waals surface area (Å²) in [5.41, 5.74) is 4.60. The predicted octanol–water partition coefficient (Wildman–Crippen LogP) is 7.74. The predicted molar refractivity (Wildman–Crippen MR) is 188 cm³/mol. The first kappa shape index (κ1) is 36.5. The van der Waals surface area contributed by atoms with Crippen molar-refractivity contribution in [2.75, 3.05) is 36.6 Å². The average Bonchev–Trinajstić information content (AvgIpc) is 3.05. The van der Waals surface area contributed by atoms with Crippen molar-refractivity contribution in [3.8, 4) is 5.75 Å². The Balaban J connectivity index is 1.32. The van der Waals surface area contributed by atoms with E-state index in [4.69, 9.17) is 9.72 Å². The highest BCUT2D eigenvalue weighted by Gasteiger charge is 2.43. The van der Waals surface area contributed by atoms with E-state index in [2.05, 4.69) is 28.7 Å². The molecule has 3 heterocycles. The largest absolute Gasteiger partial charge is 0.490 e. The molecule has 1 N–H and O–H groups in total. The Morgan fingerprint density at radius 1 is 1.00 bits per heavy atom. The van der Waals surface area contributed by atoms with Crippen LogP contribution in [0.1, 0.15) is 129 Å². The van der Waals surface area contributed by atoms with Crippen LogP contribution in [0, 0.1) is 12.3 Å². The maximum absolute atomic E-state index is 17.2. The Morgan fingerprint density at radius 2 is 1.64 bits per heavy atom. The van der Waals surface area contributed by atoms with Gasteiger partial charge in [-0.2, -0.15) is 0 Å². The molecule has 12 heteroatoms. The number of aromatic nitrogens is 3. The Morgan fingerprint density at radius 3 is 2.26 bits per heavy atom. The van der Waals surface area contributed by atoms with E-state index in [0.29, 0.717) is 79.3 Å². The molecule has 0 radical (unpaired) electrons. The number of aryl methyl sites for hydroxylation is 1. The lowest BCUT2D eigenvalue weighted by atomic mass is 9.68. The molecule has 1 saturated carbocycles. The van der Waals surface area contributed by atoms with E-state index in [9.17, 15) is 22.3 Å². The van der Waals surface area contributed by atoms with Gasteiger partial charge < -0.3 is 14.7 Å². The molecule has 0 spiro atoms. The van der Waals surface area contributed by atoms with Gasteiger partial charge in [0.25, 0.3) is 0 Å². The first-order chi connectivity index (χ1) is 23.6. The molecule has 2 unspecified atom stereocenters. The molecular weight excluding hydrogens is 666 g/mol. The van der Waals surface area contributed by atoms with Crippen molar-refractivity contribution >= 4 is 15.8 Å². The lowest BCUT2D eigenvalue weighted by Gasteiger charge is -2.41. The number of aliphatic hydroxyl groups is 1. The van der Waals surface area contributed by atoms with Crippen LogP contribution in [-0.4, -0.2) is 66.1 Å². The molecule has 1 aliphatic heterocycles. The summed E-state index contributed by atoms with van der Waals surface area (Å²) < 4.78 is 74.6. The fourth-order valence-electron chi connectivity index (χ4n) is 8.02. The summed E-state index contributed by atoms with van der Waals surface area (Å²) in [6.07, 6.45) is 4.80. The summed E-state index contributed by atoms with van der Waals surface area (Å²) in [6.45, 7) is 7.62. The van der Waals surface area contributed by atoms with Gasteiger partial charge in [-0.05, 0) is 74.3 Å². The number of hydrogen-bond donors (Lipinski definition) is 1. The molecule has 2 fully saturated rings. The second-order valence-electron chi connectivity index (χ2n) is 15.5. The molecule has 2 aliphatic carbocycles. The minimum Gasteiger partial charge on any atom is -0.490 e. The zero-order valence-corrected chi connectivity index (χ0v) is 30.3. The number of hydrogen-bond acceptors (Lipinski definition) is 8. The number of halogens is 3. The van der Waals surface area contributed by atoms with Crippen molar-refractivity contribution in [3.05, 3.63) is 75.9 Å². The van der Waals surface area contributed by atoms with Crippen LogP contribution < -0.4 is 9.64 Å². The number of piperidine rings is 1. The zero-order chi connectivity index (χ0) is 35.8. The smallest absolute Gasteiger partial charge is 0.248 e. The van der Waals surface area contributed by atoms with E-state index in [1.54, 1.807) is 24.5 Å². The van der Waals surface area contributed by atoms with E-state index in [1.807, 2.05) is 19.1 Å². The fourth-order valence-corrected chi connectivity index (χ4v) is 8.66. The number of nitrogens with zero attached hydrogens (tertiary/aromatic N) is 4. The quantitative estimate of drug-likeness (QED) is 0.213. The molecule has 50 heavy (non-hydrogen) atoms. The molecule has 8 nitrogen and oxygen atoms in total. The van der Waals surface area contributed by atoms with Crippen molar-refractivity contribution in [3.63, 3.8) is 0 Å². The number of sulfone groups is 1. The monoisotopic (exact) mass is 714 g/mol. The number of aliphatic hydroxyl groups excluding tert-OH is 1. The molecule has 2 aromatic heterocycles.